The van der Waals surface area contributed by atoms with Crippen molar-refractivity contribution in [1.29, 1.82) is 0 Å². The van der Waals surface area contributed by atoms with Crippen molar-refractivity contribution < 1.29 is 52.3 Å². The summed E-state index contributed by atoms with van der Waals surface area (Å²) in [6.07, 6.45) is 2.39. The number of carbonyl (C=O) groups excluding carboxylic acids is 4. The molecule has 0 fully saturated rings. The van der Waals surface area contributed by atoms with Gasteiger partial charge < -0.3 is 33.2 Å². The van der Waals surface area contributed by atoms with Gasteiger partial charge in [-0.15, -0.1) is 0 Å². The molecular formula is C27H28O11. The Labute approximate surface area is 219 Å². The molecule has 1 aliphatic rings. The Hall–Kier alpha value is -4.54. The van der Waals surface area contributed by atoms with E-state index in [-0.39, 0.29) is 40.1 Å². The fraction of sp³-hybridized carbons (Fsp3) is 0.333. The van der Waals surface area contributed by atoms with E-state index in [9.17, 15) is 19.2 Å². The Morgan fingerprint density at radius 1 is 0.789 bits per heavy atom. The molecule has 38 heavy (non-hydrogen) atoms. The topological polar surface area (TPSA) is 133 Å². The van der Waals surface area contributed by atoms with Crippen LogP contribution in [-0.4, -0.2) is 45.2 Å². The monoisotopic (exact) mass is 528 g/mol. The zero-order valence-corrected chi connectivity index (χ0v) is 22.0. The second-order valence-electron chi connectivity index (χ2n) is 8.08. The van der Waals surface area contributed by atoms with Crippen LogP contribution in [0.5, 0.6) is 34.5 Å². The van der Waals surface area contributed by atoms with Crippen molar-refractivity contribution in [2.24, 2.45) is 0 Å². The lowest BCUT2D eigenvalue weighted by atomic mass is 9.89. The maximum Gasteiger partial charge on any atom is 0.317 e. The fourth-order valence-electron chi connectivity index (χ4n) is 4.22. The van der Waals surface area contributed by atoms with Crippen molar-refractivity contribution in [3.8, 4) is 34.5 Å². The molecule has 3 rings (SSSR count). The van der Waals surface area contributed by atoms with Gasteiger partial charge in [0.2, 0.25) is 11.5 Å². The number of hydrogen-bond acceptors (Lipinski definition) is 11. The Balaban J connectivity index is 2.32. The molecule has 0 N–H and O–H groups in total. The predicted octanol–water partition coefficient (Wildman–Crippen LogP) is 3.90. The first-order chi connectivity index (χ1) is 18.1. The molecule has 2 aromatic rings. The third-order valence-corrected chi connectivity index (χ3v) is 5.50. The molecule has 0 spiro atoms. The lowest BCUT2D eigenvalue weighted by Gasteiger charge is -2.22. The quantitative estimate of drug-likeness (QED) is 0.365. The van der Waals surface area contributed by atoms with E-state index < -0.39 is 35.9 Å². The van der Waals surface area contributed by atoms with E-state index in [4.69, 9.17) is 33.2 Å². The molecule has 2 aromatic carbocycles. The highest BCUT2D eigenvalue weighted by Crippen LogP contribution is 2.57. The van der Waals surface area contributed by atoms with E-state index in [0.717, 1.165) is 0 Å². The minimum Gasteiger partial charge on any atom is -0.492 e. The van der Waals surface area contributed by atoms with Crippen LogP contribution < -0.4 is 28.4 Å². The smallest absolute Gasteiger partial charge is 0.317 e. The molecule has 0 radical (unpaired) electrons. The first kappa shape index (κ1) is 28.0. The Morgan fingerprint density at radius 2 is 1.39 bits per heavy atom. The molecular weight excluding hydrogens is 500 g/mol. The van der Waals surface area contributed by atoms with Gasteiger partial charge in [0.25, 0.3) is 0 Å². The average Bonchev–Trinajstić information content (AvgIpc) is 3.23. The molecule has 0 bridgehead atoms. The van der Waals surface area contributed by atoms with Crippen molar-refractivity contribution in [2.75, 3.05) is 21.3 Å². The number of fused-ring (bicyclic) bond motifs is 1. The van der Waals surface area contributed by atoms with Crippen LogP contribution in [0.2, 0.25) is 0 Å². The van der Waals surface area contributed by atoms with Gasteiger partial charge in [0.15, 0.2) is 23.0 Å². The van der Waals surface area contributed by atoms with Crippen LogP contribution >= 0.6 is 0 Å². The molecule has 202 valence electrons. The molecule has 1 aliphatic heterocycles. The lowest BCUT2D eigenvalue weighted by Crippen LogP contribution is -2.21. The first-order valence-electron chi connectivity index (χ1n) is 11.5. The highest BCUT2D eigenvalue weighted by Gasteiger charge is 2.46. The summed E-state index contributed by atoms with van der Waals surface area (Å²) in [6, 6.07) is 4.57. The minimum absolute atomic E-state index is 0.0136. The summed E-state index contributed by atoms with van der Waals surface area (Å²) in [5.41, 5.74) is 1.17. The third kappa shape index (κ3) is 5.41. The number of rotatable bonds is 8. The molecule has 0 saturated heterocycles. The predicted molar refractivity (Wildman–Crippen MR) is 133 cm³/mol. The molecule has 11 heteroatoms. The van der Waals surface area contributed by atoms with E-state index >= 15 is 0 Å². The van der Waals surface area contributed by atoms with E-state index in [0.29, 0.717) is 11.1 Å². The van der Waals surface area contributed by atoms with Gasteiger partial charge in [-0.1, -0.05) is 12.2 Å². The first-order valence-corrected chi connectivity index (χ1v) is 11.5. The molecule has 11 nitrogen and oxygen atoms in total. The summed E-state index contributed by atoms with van der Waals surface area (Å²) >= 11 is 0. The number of hydrogen-bond donors (Lipinski definition) is 0. The van der Waals surface area contributed by atoms with Crippen molar-refractivity contribution >= 4 is 30.0 Å². The second-order valence-corrected chi connectivity index (χ2v) is 8.08. The number of allylic oxidation sites excluding steroid dienone is 1. The number of carbonyl (C=O) groups is 4. The van der Waals surface area contributed by atoms with Crippen LogP contribution in [0, 0.1) is 0 Å². The van der Waals surface area contributed by atoms with Crippen LogP contribution in [0.4, 0.5) is 0 Å². The maximum atomic E-state index is 13.1. The molecule has 0 saturated carbocycles. The van der Waals surface area contributed by atoms with E-state index in [1.165, 1.54) is 54.2 Å². The fourth-order valence-corrected chi connectivity index (χ4v) is 4.22. The summed E-state index contributed by atoms with van der Waals surface area (Å²) in [5.74, 6) is -3.67. The number of esters is 4. The Kier molecular flexibility index (Phi) is 8.61. The summed E-state index contributed by atoms with van der Waals surface area (Å²) in [7, 11) is 3.95. The highest BCUT2D eigenvalue weighted by atomic mass is 16.6. The van der Waals surface area contributed by atoms with Gasteiger partial charge in [-0.25, -0.2) is 0 Å². The summed E-state index contributed by atoms with van der Waals surface area (Å²) < 4.78 is 38.4. The standard InChI is InChI=1S/C27H28O11/c1-8-9-16-12-18-20(27(31)34-7)22(38-24(18)26(21(16)32-5)37-15(4)30)17-10-11-19(35-13(2)28)25(23(17)33-6)36-14(3)29/h8-12,20,22H,1-7H3/b9-8+. The van der Waals surface area contributed by atoms with Gasteiger partial charge in [0, 0.05) is 37.5 Å². The van der Waals surface area contributed by atoms with Crippen LogP contribution in [-0.2, 0) is 23.9 Å². The van der Waals surface area contributed by atoms with Crippen molar-refractivity contribution in [2.45, 2.75) is 39.7 Å². The van der Waals surface area contributed by atoms with E-state index in [2.05, 4.69) is 0 Å². The van der Waals surface area contributed by atoms with Crippen molar-refractivity contribution in [3.63, 3.8) is 0 Å². The summed E-state index contributed by atoms with van der Waals surface area (Å²) in [6.45, 7) is 5.37. The third-order valence-electron chi connectivity index (χ3n) is 5.50. The number of benzene rings is 2. The van der Waals surface area contributed by atoms with Crippen LogP contribution in [0.1, 0.15) is 56.4 Å². The van der Waals surface area contributed by atoms with Gasteiger partial charge in [0.1, 0.15) is 12.0 Å². The summed E-state index contributed by atoms with van der Waals surface area (Å²) in [5, 5.41) is 0. The van der Waals surface area contributed by atoms with Crippen molar-refractivity contribution in [3.05, 3.63) is 41.0 Å². The van der Waals surface area contributed by atoms with Gasteiger partial charge in [-0.05, 0) is 25.1 Å². The molecule has 0 amide bonds. The maximum absolute atomic E-state index is 13.1. The van der Waals surface area contributed by atoms with Gasteiger partial charge in [-0.2, -0.15) is 0 Å². The lowest BCUT2D eigenvalue weighted by molar-refractivity contribution is -0.144. The SMILES string of the molecule is C/C=C/c1cc2c(c(OC(C)=O)c1OC)OC(c1ccc(OC(C)=O)c(OC(C)=O)c1OC)C2C(=O)OC. The van der Waals surface area contributed by atoms with E-state index in [1.54, 1.807) is 25.1 Å². The number of ether oxygens (including phenoxy) is 7. The van der Waals surface area contributed by atoms with Crippen LogP contribution in [0.25, 0.3) is 6.08 Å². The van der Waals surface area contributed by atoms with Crippen LogP contribution in [0.15, 0.2) is 24.3 Å². The van der Waals surface area contributed by atoms with Gasteiger partial charge in [0.05, 0.1) is 21.3 Å². The minimum atomic E-state index is -1.09. The molecule has 0 aliphatic carbocycles. The molecule has 0 aromatic heterocycles. The molecule has 1 heterocycles. The van der Waals surface area contributed by atoms with Gasteiger partial charge in [-0.3, -0.25) is 19.2 Å². The normalized spacial score (nSPS) is 15.8. The molecule has 2 atom stereocenters. The molecule has 2 unspecified atom stereocenters. The zero-order valence-electron chi connectivity index (χ0n) is 22.0. The van der Waals surface area contributed by atoms with Crippen molar-refractivity contribution in [1.82, 2.24) is 0 Å². The average molecular weight is 529 g/mol. The van der Waals surface area contributed by atoms with E-state index in [1.807, 2.05) is 0 Å². The Morgan fingerprint density at radius 3 is 1.92 bits per heavy atom. The number of methoxy groups -OCH3 is 3. The second kappa shape index (κ2) is 11.7. The summed E-state index contributed by atoms with van der Waals surface area (Å²) in [4.78, 5) is 48.6. The zero-order chi connectivity index (χ0) is 28.1. The largest absolute Gasteiger partial charge is 0.492 e. The van der Waals surface area contributed by atoms with Crippen LogP contribution in [0.3, 0.4) is 0 Å². The highest BCUT2D eigenvalue weighted by molar-refractivity contribution is 5.86. The Bertz CT molecular complexity index is 1310. The van der Waals surface area contributed by atoms with Gasteiger partial charge >= 0.3 is 23.9 Å².